The van der Waals surface area contributed by atoms with Gasteiger partial charge in [0.25, 0.3) is 10.1 Å². The van der Waals surface area contributed by atoms with Gasteiger partial charge in [-0.15, -0.1) is 0 Å². The second-order valence-electron chi connectivity index (χ2n) is 6.10. The molecular formula is C20H17Cl2NO4S. The lowest BCUT2D eigenvalue weighted by molar-refractivity contribution is 0.289. The highest BCUT2D eigenvalue weighted by molar-refractivity contribution is 7.85. The molecule has 0 aliphatic rings. The van der Waals surface area contributed by atoms with Crippen LogP contribution >= 0.6 is 23.2 Å². The van der Waals surface area contributed by atoms with Gasteiger partial charge in [0, 0.05) is 21.7 Å². The first kappa shape index (κ1) is 20.6. The number of nitrogens with zero attached hydrogens (tertiary/aromatic N) is 1. The molecule has 0 spiro atoms. The molecule has 28 heavy (non-hydrogen) atoms. The van der Waals surface area contributed by atoms with E-state index in [9.17, 15) is 8.42 Å². The van der Waals surface area contributed by atoms with Crippen molar-refractivity contribution in [1.29, 1.82) is 0 Å². The van der Waals surface area contributed by atoms with E-state index in [0.29, 0.717) is 39.4 Å². The van der Waals surface area contributed by atoms with E-state index in [1.165, 1.54) is 0 Å². The summed E-state index contributed by atoms with van der Waals surface area (Å²) in [5.74, 6) is 0.338. The van der Waals surface area contributed by atoms with Crippen molar-refractivity contribution in [2.24, 2.45) is 0 Å². The zero-order valence-electron chi connectivity index (χ0n) is 14.9. The largest absolute Gasteiger partial charge is 0.473 e. The Hall–Kier alpha value is -2.12. The first-order valence-corrected chi connectivity index (χ1v) is 10.8. The minimum Gasteiger partial charge on any atom is -0.473 e. The summed E-state index contributed by atoms with van der Waals surface area (Å²) in [7, 11) is -3.58. The Morgan fingerprint density at radius 3 is 2.21 bits per heavy atom. The molecule has 0 saturated heterocycles. The first-order valence-electron chi connectivity index (χ1n) is 8.27. The fourth-order valence-corrected chi connectivity index (χ4v) is 3.35. The molecule has 1 heterocycles. The van der Waals surface area contributed by atoms with E-state index in [-0.39, 0.29) is 6.61 Å². The minimum atomic E-state index is -3.58. The molecule has 1 aromatic heterocycles. The Balaban J connectivity index is 1.93. The fourth-order valence-electron chi connectivity index (χ4n) is 2.47. The number of hydrogen-bond donors (Lipinski definition) is 0. The predicted molar refractivity (Wildman–Crippen MR) is 110 cm³/mol. The summed E-state index contributed by atoms with van der Waals surface area (Å²) in [4.78, 5) is 4.50. The van der Waals surface area contributed by atoms with E-state index in [4.69, 9.17) is 32.1 Å². The van der Waals surface area contributed by atoms with Crippen LogP contribution in [0.2, 0.25) is 10.0 Å². The van der Waals surface area contributed by atoms with E-state index in [0.717, 1.165) is 11.8 Å². The Labute approximate surface area is 174 Å². The minimum absolute atomic E-state index is 0.135. The van der Waals surface area contributed by atoms with Crippen molar-refractivity contribution in [3.05, 3.63) is 81.8 Å². The molecule has 2 aromatic carbocycles. The van der Waals surface area contributed by atoms with Crippen LogP contribution < -0.4 is 4.74 Å². The molecule has 0 atom stereocenters. The quantitative estimate of drug-likeness (QED) is 0.480. The average Bonchev–Trinajstić information content (AvgIpc) is 2.64. The molecule has 146 valence electrons. The molecule has 3 rings (SSSR count). The standard InChI is InChI=1S/C20H17Cl2NO4S/c1-28(24,25)27-13-15-7-19(16-9-17(21)11-18(22)10-16)23-20(8-15)26-12-14-5-3-2-4-6-14/h2-11H,12-13H2,1H3. The lowest BCUT2D eigenvalue weighted by Gasteiger charge is -2.11. The number of hydrogen-bond acceptors (Lipinski definition) is 5. The fraction of sp³-hybridized carbons (Fsp3) is 0.150. The van der Waals surface area contributed by atoms with Crippen molar-refractivity contribution < 1.29 is 17.3 Å². The van der Waals surface area contributed by atoms with Crippen molar-refractivity contribution >= 4 is 33.3 Å². The van der Waals surface area contributed by atoms with Crippen molar-refractivity contribution in [1.82, 2.24) is 4.98 Å². The summed E-state index contributed by atoms with van der Waals surface area (Å²) in [5, 5.41) is 0.933. The summed E-state index contributed by atoms with van der Waals surface area (Å²) in [6.45, 7) is 0.185. The number of halogens is 2. The van der Waals surface area contributed by atoms with Gasteiger partial charge in [-0.2, -0.15) is 8.42 Å². The van der Waals surface area contributed by atoms with Gasteiger partial charge < -0.3 is 4.74 Å². The normalized spacial score (nSPS) is 11.4. The molecule has 0 fully saturated rings. The molecule has 0 amide bonds. The average molecular weight is 438 g/mol. The number of pyridine rings is 1. The van der Waals surface area contributed by atoms with Crippen LogP contribution in [0, 0.1) is 0 Å². The van der Waals surface area contributed by atoms with Crippen LogP contribution in [-0.4, -0.2) is 19.7 Å². The van der Waals surface area contributed by atoms with E-state index in [2.05, 4.69) is 4.98 Å². The number of benzene rings is 2. The van der Waals surface area contributed by atoms with Gasteiger partial charge in [0.2, 0.25) is 5.88 Å². The van der Waals surface area contributed by atoms with Crippen LogP contribution in [0.3, 0.4) is 0 Å². The molecule has 0 aliphatic heterocycles. The summed E-state index contributed by atoms with van der Waals surface area (Å²) < 4.78 is 33.4. The van der Waals surface area contributed by atoms with Gasteiger partial charge in [-0.3, -0.25) is 4.18 Å². The van der Waals surface area contributed by atoms with Gasteiger partial charge in [-0.25, -0.2) is 4.98 Å². The highest BCUT2D eigenvalue weighted by Gasteiger charge is 2.11. The highest BCUT2D eigenvalue weighted by Crippen LogP contribution is 2.29. The third-order valence-corrected chi connectivity index (χ3v) is 4.67. The van der Waals surface area contributed by atoms with Crippen molar-refractivity contribution in [3.8, 4) is 17.1 Å². The Bertz CT molecular complexity index is 1050. The second kappa shape index (κ2) is 8.92. The molecule has 0 aliphatic carbocycles. The van der Waals surface area contributed by atoms with E-state index >= 15 is 0 Å². The van der Waals surface area contributed by atoms with E-state index in [1.807, 2.05) is 30.3 Å². The summed E-state index contributed by atoms with van der Waals surface area (Å²) in [5.41, 5.74) is 2.80. The Morgan fingerprint density at radius 1 is 0.893 bits per heavy atom. The maximum Gasteiger partial charge on any atom is 0.264 e. The number of rotatable bonds is 7. The smallest absolute Gasteiger partial charge is 0.264 e. The number of ether oxygens (including phenoxy) is 1. The van der Waals surface area contributed by atoms with Gasteiger partial charge in [0.1, 0.15) is 6.61 Å². The van der Waals surface area contributed by atoms with Crippen LogP contribution in [0.4, 0.5) is 0 Å². The summed E-state index contributed by atoms with van der Waals surface area (Å²) >= 11 is 12.2. The molecule has 0 unspecified atom stereocenters. The lowest BCUT2D eigenvalue weighted by atomic mass is 10.1. The molecular weight excluding hydrogens is 421 g/mol. The van der Waals surface area contributed by atoms with Crippen LogP contribution in [0.15, 0.2) is 60.7 Å². The zero-order chi connectivity index (χ0) is 20.1. The van der Waals surface area contributed by atoms with Crippen molar-refractivity contribution in [2.45, 2.75) is 13.2 Å². The van der Waals surface area contributed by atoms with Crippen LogP contribution in [0.5, 0.6) is 5.88 Å². The molecule has 8 heteroatoms. The zero-order valence-corrected chi connectivity index (χ0v) is 17.3. The Kier molecular flexibility index (Phi) is 6.57. The van der Waals surface area contributed by atoms with E-state index < -0.39 is 10.1 Å². The van der Waals surface area contributed by atoms with Gasteiger partial charge in [-0.05, 0) is 35.4 Å². The molecule has 0 saturated carbocycles. The lowest BCUT2D eigenvalue weighted by Crippen LogP contribution is -2.04. The topological polar surface area (TPSA) is 65.5 Å². The predicted octanol–water partition coefficient (Wildman–Crippen LogP) is 5.11. The van der Waals surface area contributed by atoms with Gasteiger partial charge in [0.05, 0.1) is 18.6 Å². The second-order valence-corrected chi connectivity index (χ2v) is 8.61. The number of aromatic nitrogens is 1. The van der Waals surface area contributed by atoms with Crippen LogP contribution in [0.25, 0.3) is 11.3 Å². The maximum atomic E-state index is 11.3. The van der Waals surface area contributed by atoms with E-state index in [1.54, 1.807) is 30.3 Å². The molecule has 0 bridgehead atoms. The first-order chi connectivity index (χ1) is 13.3. The van der Waals surface area contributed by atoms with Gasteiger partial charge in [0.15, 0.2) is 0 Å². The van der Waals surface area contributed by atoms with Gasteiger partial charge in [-0.1, -0.05) is 53.5 Å². The third-order valence-electron chi connectivity index (χ3n) is 3.69. The van der Waals surface area contributed by atoms with Crippen molar-refractivity contribution in [2.75, 3.05) is 6.26 Å². The Morgan fingerprint density at radius 2 is 1.57 bits per heavy atom. The van der Waals surface area contributed by atoms with Crippen LogP contribution in [0.1, 0.15) is 11.1 Å². The summed E-state index contributed by atoms with van der Waals surface area (Å²) in [6.07, 6.45) is 0.999. The van der Waals surface area contributed by atoms with Crippen LogP contribution in [-0.2, 0) is 27.5 Å². The maximum absolute atomic E-state index is 11.3. The summed E-state index contributed by atoms with van der Waals surface area (Å²) in [6, 6.07) is 18.1. The highest BCUT2D eigenvalue weighted by atomic mass is 35.5. The van der Waals surface area contributed by atoms with Crippen molar-refractivity contribution in [3.63, 3.8) is 0 Å². The third kappa shape index (κ3) is 6.21. The van der Waals surface area contributed by atoms with Gasteiger partial charge >= 0.3 is 0 Å². The molecule has 5 nitrogen and oxygen atoms in total. The monoisotopic (exact) mass is 437 g/mol. The molecule has 3 aromatic rings. The molecule has 0 N–H and O–H groups in total. The SMILES string of the molecule is CS(=O)(=O)OCc1cc(OCc2ccccc2)nc(-c2cc(Cl)cc(Cl)c2)c1. The molecule has 0 radical (unpaired) electrons.